The van der Waals surface area contributed by atoms with E-state index in [1.54, 1.807) is 54.1 Å². The fraction of sp³-hybridized carbons (Fsp3) is 0.158. The number of hydrogen-bond donors (Lipinski definition) is 2. The topological polar surface area (TPSA) is 88.9 Å². The van der Waals surface area contributed by atoms with Crippen molar-refractivity contribution in [1.29, 1.82) is 0 Å². The lowest BCUT2D eigenvalue weighted by Crippen LogP contribution is -2.17. The Labute approximate surface area is 192 Å². The number of thioether (sulfide) groups is 1. The lowest BCUT2D eigenvalue weighted by molar-refractivity contribution is -0.116. The number of aromatic nitrogens is 3. The number of nitrogens with zero attached hydrogens (tertiary/aromatic N) is 3. The number of benzene rings is 2. The quantitative estimate of drug-likeness (QED) is 0.475. The van der Waals surface area contributed by atoms with Gasteiger partial charge in [0.2, 0.25) is 11.8 Å². The summed E-state index contributed by atoms with van der Waals surface area (Å²) in [6, 6.07) is 11.8. The van der Waals surface area contributed by atoms with Gasteiger partial charge in [0.15, 0.2) is 5.16 Å². The van der Waals surface area contributed by atoms with Crippen LogP contribution in [0.3, 0.4) is 0 Å². The molecular formula is C19H16Cl3N5O2S. The number of nitrogens with one attached hydrogen (secondary N) is 2. The van der Waals surface area contributed by atoms with Gasteiger partial charge in [-0.1, -0.05) is 52.6 Å². The molecule has 0 atom stereocenters. The molecular weight excluding hydrogens is 469 g/mol. The van der Waals surface area contributed by atoms with Crippen molar-refractivity contribution in [3.05, 3.63) is 63.4 Å². The monoisotopic (exact) mass is 483 g/mol. The fourth-order valence-electron chi connectivity index (χ4n) is 2.42. The van der Waals surface area contributed by atoms with E-state index in [9.17, 15) is 9.59 Å². The largest absolute Gasteiger partial charge is 0.326 e. The highest BCUT2D eigenvalue weighted by atomic mass is 35.5. The van der Waals surface area contributed by atoms with Crippen molar-refractivity contribution in [3.63, 3.8) is 0 Å². The smallest absolute Gasteiger partial charge is 0.234 e. The average molecular weight is 485 g/mol. The molecule has 0 bridgehead atoms. The second-order valence-corrected chi connectivity index (χ2v) is 8.29. The summed E-state index contributed by atoms with van der Waals surface area (Å²) in [6.07, 6.45) is 0.0387. The van der Waals surface area contributed by atoms with Gasteiger partial charge in [0.05, 0.1) is 27.9 Å². The summed E-state index contributed by atoms with van der Waals surface area (Å²) < 4.78 is 1.67. The van der Waals surface area contributed by atoms with E-state index in [2.05, 4.69) is 20.8 Å². The van der Waals surface area contributed by atoms with E-state index in [1.165, 1.54) is 11.8 Å². The van der Waals surface area contributed by atoms with Crippen LogP contribution < -0.4 is 10.6 Å². The Morgan fingerprint density at radius 1 is 1.00 bits per heavy atom. The van der Waals surface area contributed by atoms with E-state index in [0.717, 1.165) is 0 Å². The van der Waals surface area contributed by atoms with Crippen molar-refractivity contribution < 1.29 is 9.59 Å². The predicted molar refractivity (Wildman–Crippen MR) is 121 cm³/mol. The molecule has 0 aliphatic carbocycles. The fourth-order valence-corrected chi connectivity index (χ4v) is 3.63. The van der Waals surface area contributed by atoms with Crippen molar-refractivity contribution in [2.45, 2.75) is 11.6 Å². The van der Waals surface area contributed by atoms with Crippen molar-refractivity contribution >= 4 is 69.8 Å². The van der Waals surface area contributed by atoms with Crippen LogP contribution in [0.15, 0.2) is 47.6 Å². The molecule has 0 spiro atoms. The Morgan fingerprint density at radius 3 is 2.47 bits per heavy atom. The summed E-state index contributed by atoms with van der Waals surface area (Å²) in [6.45, 7) is 0. The molecule has 0 aliphatic rings. The minimum atomic E-state index is -0.269. The molecule has 0 saturated carbocycles. The summed E-state index contributed by atoms with van der Waals surface area (Å²) in [7, 11) is 1.74. The highest BCUT2D eigenvalue weighted by Crippen LogP contribution is 2.29. The number of amides is 2. The van der Waals surface area contributed by atoms with E-state index in [4.69, 9.17) is 34.8 Å². The SMILES string of the molecule is Cn1c(CC(=O)Nc2ccc(Cl)cc2)nnc1SCC(=O)Nc1cccc(Cl)c1Cl. The first-order valence-electron chi connectivity index (χ1n) is 8.64. The molecule has 3 aromatic rings. The van der Waals surface area contributed by atoms with Gasteiger partial charge in [-0.2, -0.15) is 0 Å². The first-order chi connectivity index (χ1) is 14.3. The van der Waals surface area contributed by atoms with Gasteiger partial charge in [-0.25, -0.2) is 0 Å². The number of hydrogen-bond acceptors (Lipinski definition) is 5. The summed E-state index contributed by atoms with van der Waals surface area (Å²) >= 11 is 19.0. The van der Waals surface area contributed by atoms with Crippen LogP contribution in [-0.4, -0.2) is 32.3 Å². The standard InChI is InChI=1S/C19H16Cl3N5O2S/c1-27-15(9-16(28)23-12-7-5-11(20)6-8-12)25-26-19(27)30-10-17(29)24-14-4-2-3-13(21)18(14)22/h2-8H,9-10H2,1H3,(H,23,28)(H,24,29). The lowest BCUT2D eigenvalue weighted by Gasteiger charge is -2.08. The normalized spacial score (nSPS) is 10.7. The molecule has 2 amide bonds. The maximum absolute atomic E-state index is 12.2. The first kappa shape index (κ1) is 22.4. The van der Waals surface area contributed by atoms with Gasteiger partial charge in [-0.3, -0.25) is 9.59 Å². The molecule has 11 heteroatoms. The van der Waals surface area contributed by atoms with E-state index >= 15 is 0 Å². The zero-order valence-electron chi connectivity index (χ0n) is 15.7. The first-order valence-corrected chi connectivity index (χ1v) is 10.8. The molecule has 0 radical (unpaired) electrons. The highest BCUT2D eigenvalue weighted by Gasteiger charge is 2.15. The molecule has 0 fully saturated rings. The van der Waals surface area contributed by atoms with E-state index in [-0.39, 0.29) is 29.0 Å². The Hall–Kier alpha value is -2.26. The van der Waals surface area contributed by atoms with Crippen molar-refractivity contribution in [1.82, 2.24) is 14.8 Å². The van der Waals surface area contributed by atoms with Gasteiger partial charge in [0, 0.05) is 17.8 Å². The summed E-state index contributed by atoms with van der Waals surface area (Å²) in [5.41, 5.74) is 1.07. The Morgan fingerprint density at radius 2 is 1.73 bits per heavy atom. The van der Waals surface area contributed by atoms with Crippen LogP contribution in [0.1, 0.15) is 5.82 Å². The van der Waals surface area contributed by atoms with Gasteiger partial charge < -0.3 is 15.2 Å². The Balaban J connectivity index is 1.54. The lowest BCUT2D eigenvalue weighted by atomic mass is 10.3. The van der Waals surface area contributed by atoms with E-state index < -0.39 is 0 Å². The molecule has 0 unspecified atom stereocenters. The van der Waals surface area contributed by atoms with Crippen LogP contribution in [0.5, 0.6) is 0 Å². The van der Waals surface area contributed by atoms with Crippen LogP contribution in [-0.2, 0) is 23.1 Å². The van der Waals surface area contributed by atoms with Gasteiger partial charge in [0.25, 0.3) is 0 Å². The van der Waals surface area contributed by atoms with Crippen LogP contribution in [0.4, 0.5) is 11.4 Å². The van der Waals surface area contributed by atoms with E-state index in [1.807, 2.05) is 0 Å². The predicted octanol–water partition coefficient (Wildman–Crippen LogP) is 4.69. The number of carbonyl (C=O) groups is 2. The van der Waals surface area contributed by atoms with Crippen molar-refractivity contribution in [2.75, 3.05) is 16.4 Å². The number of carbonyl (C=O) groups excluding carboxylic acids is 2. The zero-order valence-corrected chi connectivity index (χ0v) is 18.7. The minimum absolute atomic E-state index is 0.0387. The maximum Gasteiger partial charge on any atom is 0.234 e. The molecule has 1 heterocycles. The summed E-state index contributed by atoms with van der Waals surface area (Å²) in [4.78, 5) is 24.4. The highest BCUT2D eigenvalue weighted by molar-refractivity contribution is 7.99. The molecule has 156 valence electrons. The molecule has 30 heavy (non-hydrogen) atoms. The zero-order chi connectivity index (χ0) is 21.7. The van der Waals surface area contributed by atoms with Gasteiger partial charge in [0.1, 0.15) is 5.82 Å². The number of anilines is 2. The molecule has 2 N–H and O–H groups in total. The van der Waals surface area contributed by atoms with Gasteiger partial charge in [-0.05, 0) is 36.4 Å². The van der Waals surface area contributed by atoms with Crippen LogP contribution in [0, 0.1) is 0 Å². The molecule has 0 saturated heterocycles. The van der Waals surface area contributed by atoms with Crippen molar-refractivity contribution in [2.24, 2.45) is 7.05 Å². The maximum atomic E-state index is 12.2. The van der Waals surface area contributed by atoms with Crippen LogP contribution >= 0.6 is 46.6 Å². The Bertz CT molecular complexity index is 1070. The second kappa shape index (κ2) is 10.2. The Kier molecular flexibility index (Phi) is 7.60. The average Bonchev–Trinajstić information content (AvgIpc) is 3.05. The van der Waals surface area contributed by atoms with Crippen molar-refractivity contribution in [3.8, 4) is 0 Å². The van der Waals surface area contributed by atoms with Gasteiger partial charge >= 0.3 is 0 Å². The van der Waals surface area contributed by atoms with Crippen LogP contribution in [0.25, 0.3) is 0 Å². The molecule has 0 aliphatic heterocycles. The molecule has 7 nitrogen and oxygen atoms in total. The second-order valence-electron chi connectivity index (χ2n) is 6.13. The summed E-state index contributed by atoms with van der Waals surface area (Å²) in [5, 5.41) is 15.3. The third-order valence-corrected chi connectivity index (χ3v) is 6.02. The van der Waals surface area contributed by atoms with E-state index in [0.29, 0.717) is 32.4 Å². The molecule has 1 aromatic heterocycles. The number of rotatable bonds is 7. The molecule has 2 aromatic carbocycles. The minimum Gasteiger partial charge on any atom is -0.326 e. The summed E-state index contributed by atoms with van der Waals surface area (Å²) in [5.74, 6) is 0.0559. The third-order valence-electron chi connectivity index (χ3n) is 3.93. The number of halogens is 3. The van der Waals surface area contributed by atoms with Crippen LogP contribution in [0.2, 0.25) is 15.1 Å². The van der Waals surface area contributed by atoms with Gasteiger partial charge in [-0.15, -0.1) is 10.2 Å². The molecule has 3 rings (SSSR count). The third kappa shape index (κ3) is 5.89.